The second kappa shape index (κ2) is 5.46. The van der Waals surface area contributed by atoms with Crippen molar-refractivity contribution in [2.45, 2.75) is 6.42 Å². The van der Waals surface area contributed by atoms with Crippen molar-refractivity contribution in [2.75, 3.05) is 11.9 Å². The van der Waals surface area contributed by atoms with Gasteiger partial charge < -0.3 is 5.32 Å². The Morgan fingerprint density at radius 2 is 2.29 bits per heavy atom. The lowest BCUT2D eigenvalue weighted by molar-refractivity contribution is 0.741. The molecule has 0 saturated heterocycles. The Labute approximate surface area is 112 Å². The first-order chi connectivity index (χ1) is 8.15. The molecule has 0 amide bonds. The molecule has 90 valence electrons. The molecule has 0 spiro atoms. The molecule has 2 aromatic rings. The van der Waals surface area contributed by atoms with E-state index in [1.165, 1.54) is 0 Å². The van der Waals surface area contributed by atoms with Gasteiger partial charge in [0.25, 0.3) is 0 Å². The number of aromatic nitrogens is 4. The van der Waals surface area contributed by atoms with E-state index in [0.717, 1.165) is 29.1 Å². The van der Waals surface area contributed by atoms with Gasteiger partial charge >= 0.3 is 0 Å². The molecule has 0 saturated carbocycles. The highest BCUT2D eigenvalue weighted by Gasteiger charge is 2.03. The van der Waals surface area contributed by atoms with Crippen molar-refractivity contribution in [3.63, 3.8) is 0 Å². The summed E-state index contributed by atoms with van der Waals surface area (Å²) in [4.78, 5) is 8.32. The summed E-state index contributed by atoms with van der Waals surface area (Å²) in [7, 11) is 1.85. The minimum atomic E-state index is 0.605. The van der Waals surface area contributed by atoms with Gasteiger partial charge in [0.1, 0.15) is 12.1 Å². The smallest absolute Gasteiger partial charge is 0.152 e. The fourth-order valence-electron chi connectivity index (χ4n) is 1.34. The van der Waals surface area contributed by atoms with Crippen LogP contribution < -0.4 is 5.32 Å². The van der Waals surface area contributed by atoms with Crippen LogP contribution in [0.4, 0.5) is 5.82 Å². The van der Waals surface area contributed by atoms with Crippen molar-refractivity contribution in [3.8, 4) is 0 Å². The summed E-state index contributed by atoms with van der Waals surface area (Å²) in [6, 6.07) is 1.80. The number of pyridine rings is 1. The van der Waals surface area contributed by atoms with E-state index in [4.69, 9.17) is 11.6 Å². The monoisotopic (exact) mass is 315 g/mol. The maximum Gasteiger partial charge on any atom is 0.152 e. The van der Waals surface area contributed by atoms with Gasteiger partial charge in [-0.15, -0.1) is 0 Å². The highest BCUT2D eigenvalue weighted by atomic mass is 79.9. The second-order valence-electron chi connectivity index (χ2n) is 3.50. The standard InChI is InChI=1S/C10H11BrClN5/c1-17-6-15-9(16-17)2-3-13-10-8(11)4-7(12)5-14-10/h4-6H,2-3H2,1H3,(H,13,14). The van der Waals surface area contributed by atoms with Crippen LogP contribution in [0.5, 0.6) is 0 Å². The summed E-state index contributed by atoms with van der Waals surface area (Å²) >= 11 is 9.20. The van der Waals surface area contributed by atoms with E-state index in [9.17, 15) is 0 Å². The lowest BCUT2D eigenvalue weighted by atomic mass is 10.4. The minimum absolute atomic E-state index is 0.605. The van der Waals surface area contributed by atoms with Gasteiger partial charge in [0.2, 0.25) is 0 Å². The fourth-order valence-corrected chi connectivity index (χ4v) is 2.11. The van der Waals surface area contributed by atoms with Gasteiger partial charge in [0.15, 0.2) is 5.82 Å². The van der Waals surface area contributed by atoms with Crippen LogP contribution in [0.25, 0.3) is 0 Å². The van der Waals surface area contributed by atoms with Gasteiger partial charge in [-0.2, -0.15) is 5.10 Å². The molecule has 17 heavy (non-hydrogen) atoms. The van der Waals surface area contributed by atoms with Crippen LogP contribution in [0.3, 0.4) is 0 Å². The molecule has 1 N–H and O–H groups in total. The second-order valence-corrected chi connectivity index (χ2v) is 4.79. The Hall–Kier alpha value is -1.14. The molecular weight excluding hydrogens is 306 g/mol. The maximum absolute atomic E-state index is 5.81. The Kier molecular flexibility index (Phi) is 3.96. The van der Waals surface area contributed by atoms with Gasteiger partial charge in [0, 0.05) is 26.2 Å². The molecule has 2 rings (SSSR count). The van der Waals surface area contributed by atoms with Crippen LogP contribution in [0.2, 0.25) is 5.02 Å². The van der Waals surface area contributed by atoms with Crippen LogP contribution in [0.1, 0.15) is 5.82 Å². The van der Waals surface area contributed by atoms with E-state index >= 15 is 0 Å². The molecule has 0 atom stereocenters. The summed E-state index contributed by atoms with van der Waals surface area (Å²) in [6.07, 6.45) is 4.04. The first-order valence-electron chi connectivity index (χ1n) is 5.04. The van der Waals surface area contributed by atoms with E-state index in [2.05, 4.69) is 36.3 Å². The van der Waals surface area contributed by atoms with Crippen molar-refractivity contribution < 1.29 is 0 Å². The van der Waals surface area contributed by atoms with E-state index in [0.29, 0.717) is 5.02 Å². The quantitative estimate of drug-likeness (QED) is 0.940. The van der Waals surface area contributed by atoms with Crippen LogP contribution >= 0.6 is 27.5 Å². The molecule has 2 aromatic heterocycles. The SMILES string of the molecule is Cn1cnc(CCNc2ncc(Cl)cc2Br)n1. The number of halogens is 2. The summed E-state index contributed by atoms with van der Waals surface area (Å²) in [6.45, 7) is 0.719. The Balaban J connectivity index is 1.90. The third-order valence-electron chi connectivity index (χ3n) is 2.10. The van der Waals surface area contributed by atoms with Crippen LogP contribution in [0, 0.1) is 0 Å². The molecule has 7 heteroatoms. The third-order valence-corrected chi connectivity index (χ3v) is 2.91. The van der Waals surface area contributed by atoms with E-state index in [-0.39, 0.29) is 0 Å². The largest absolute Gasteiger partial charge is 0.369 e. The predicted octanol–water partition coefficient (Wildman–Crippen LogP) is 2.28. The minimum Gasteiger partial charge on any atom is -0.369 e. The lowest BCUT2D eigenvalue weighted by Gasteiger charge is -2.06. The summed E-state index contributed by atoms with van der Waals surface area (Å²) in [5, 5.41) is 7.99. The molecule has 5 nitrogen and oxygen atoms in total. The number of nitrogens with one attached hydrogen (secondary N) is 1. The highest BCUT2D eigenvalue weighted by Crippen LogP contribution is 2.22. The number of hydrogen-bond acceptors (Lipinski definition) is 4. The van der Waals surface area contributed by atoms with Crippen LogP contribution in [-0.2, 0) is 13.5 Å². The maximum atomic E-state index is 5.81. The molecule has 0 unspecified atom stereocenters. The number of aryl methyl sites for hydroxylation is 1. The third kappa shape index (κ3) is 3.41. The Morgan fingerprint density at radius 1 is 1.47 bits per heavy atom. The first-order valence-corrected chi connectivity index (χ1v) is 6.21. The summed E-state index contributed by atoms with van der Waals surface area (Å²) in [5.74, 6) is 1.58. The molecule has 0 aliphatic rings. The predicted molar refractivity (Wildman–Crippen MR) is 70.1 cm³/mol. The Morgan fingerprint density at radius 3 is 2.94 bits per heavy atom. The van der Waals surface area contributed by atoms with Gasteiger partial charge in [-0.05, 0) is 22.0 Å². The lowest BCUT2D eigenvalue weighted by Crippen LogP contribution is -2.08. The first kappa shape index (κ1) is 12.3. The normalized spacial score (nSPS) is 10.5. The zero-order valence-corrected chi connectivity index (χ0v) is 11.5. The Bertz CT molecular complexity index is 513. The van der Waals surface area contributed by atoms with Gasteiger partial charge in [-0.1, -0.05) is 11.6 Å². The van der Waals surface area contributed by atoms with Crippen molar-refractivity contribution in [3.05, 3.63) is 33.9 Å². The van der Waals surface area contributed by atoms with E-state index in [1.807, 2.05) is 7.05 Å². The molecule has 0 aromatic carbocycles. The molecule has 0 aliphatic carbocycles. The molecule has 0 radical (unpaired) electrons. The van der Waals surface area contributed by atoms with Crippen molar-refractivity contribution >= 4 is 33.3 Å². The van der Waals surface area contributed by atoms with Crippen molar-refractivity contribution in [1.29, 1.82) is 0 Å². The molecular formula is C10H11BrClN5. The molecule has 0 fully saturated rings. The van der Waals surface area contributed by atoms with Gasteiger partial charge in [-0.25, -0.2) is 9.97 Å². The van der Waals surface area contributed by atoms with Crippen LogP contribution in [-0.4, -0.2) is 26.3 Å². The highest BCUT2D eigenvalue weighted by molar-refractivity contribution is 9.10. The number of anilines is 1. The summed E-state index contributed by atoms with van der Waals surface area (Å²) in [5.41, 5.74) is 0. The van der Waals surface area contributed by atoms with Crippen LogP contribution in [0.15, 0.2) is 23.1 Å². The molecule has 0 aliphatic heterocycles. The number of hydrogen-bond donors (Lipinski definition) is 1. The molecule has 0 bridgehead atoms. The average molecular weight is 317 g/mol. The molecule has 2 heterocycles. The summed E-state index contributed by atoms with van der Waals surface area (Å²) < 4.78 is 2.53. The van der Waals surface area contributed by atoms with Gasteiger partial charge in [0.05, 0.1) is 9.50 Å². The van der Waals surface area contributed by atoms with Crippen molar-refractivity contribution in [1.82, 2.24) is 19.7 Å². The van der Waals surface area contributed by atoms with E-state index < -0.39 is 0 Å². The fraction of sp³-hybridized carbons (Fsp3) is 0.300. The van der Waals surface area contributed by atoms with Crippen molar-refractivity contribution in [2.24, 2.45) is 7.05 Å². The van der Waals surface area contributed by atoms with E-state index in [1.54, 1.807) is 23.3 Å². The topological polar surface area (TPSA) is 55.6 Å². The van der Waals surface area contributed by atoms with Gasteiger partial charge in [-0.3, -0.25) is 4.68 Å². The zero-order chi connectivity index (χ0) is 12.3. The number of rotatable bonds is 4. The number of nitrogens with zero attached hydrogens (tertiary/aromatic N) is 4. The zero-order valence-electron chi connectivity index (χ0n) is 9.19. The average Bonchev–Trinajstić information content (AvgIpc) is 2.68.